The number of nitrogens with zero attached hydrogens (tertiary/aromatic N) is 2. The Labute approximate surface area is 155 Å². The van der Waals surface area contributed by atoms with Gasteiger partial charge in [-0.2, -0.15) is 8.78 Å². The molecule has 0 spiro atoms. The number of piperidine rings is 1. The molecule has 1 N–H and O–H groups in total. The topological polar surface area (TPSA) is 87.2 Å². The largest absolute Gasteiger partial charge is 0.481 e. The average Bonchev–Trinajstić information content (AvgIpc) is 2.62. The smallest absolute Gasteiger partial charge is 0.387 e. The highest BCUT2D eigenvalue weighted by molar-refractivity contribution is 5.86. The van der Waals surface area contributed by atoms with Crippen LogP contribution in [-0.4, -0.2) is 66.0 Å². The maximum atomic E-state index is 12.3. The van der Waals surface area contributed by atoms with Gasteiger partial charge in [-0.25, -0.2) is 0 Å². The fraction of sp³-hybridized carbons (Fsp3) is 0.500. The number of carbonyl (C=O) groups excluding carboxylic acids is 2. The Morgan fingerprint density at radius 2 is 1.96 bits per heavy atom. The van der Waals surface area contributed by atoms with Crippen LogP contribution in [0.3, 0.4) is 0 Å². The normalized spacial score (nSPS) is 16.9. The van der Waals surface area contributed by atoms with Crippen LogP contribution in [0.2, 0.25) is 0 Å². The number of benzene rings is 1. The van der Waals surface area contributed by atoms with Crippen LogP contribution in [0.15, 0.2) is 24.3 Å². The van der Waals surface area contributed by atoms with E-state index in [1.54, 1.807) is 0 Å². The summed E-state index contributed by atoms with van der Waals surface area (Å²) in [6, 6.07) is 5.71. The van der Waals surface area contributed by atoms with Crippen molar-refractivity contribution in [2.45, 2.75) is 25.9 Å². The van der Waals surface area contributed by atoms with Gasteiger partial charge in [0, 0.05) is 20.1 Å². The predicted molar refractivity (Wildman–Crippen MR) is 91.4 cm³/mol. The molecule has 1 aromatic rings. The molecule has 1 aliphatic heterocycles. The molecule has 27 heavy (non-hydrogen) atoms. The molecule has 1 saturated heterocycles. The van der Waals surface area contributed by atoms with E-state index in [-0.39, 0.29) is 37.1 Å². The maximum absolute atomic E-state index is 12.3. The van der Waals surface area contributed by atoms with E-state index in [1.807, 2.05) is 0 Å². The third-order valence-electron chi connectivity index (χ3n) is 4.43. The highest BCUT2D eigenvalue weighted by atomic mass is 19.3. The molecule has 2 amide bonds. The summed E-state index contributed by atoms with van der Waals surface area (Å²) in [5, 5.41) is 9.09. The zero-order valence-electron chi connectivity index (χ0n) is 14.9. The Hall–Kier alpha value is -2.71. The van der Waals surface area contributed by atoms with Crippen LogP contribution in [0.5, 0.6) is 5.75 Å². The minimum atomic E-state index is -2.91. The van der Waals surface area contributed by atoms with E-state index in [0.29, 0.717) is 24.9 Å². The number of carbonyl (C=O) groups is 3. The van der Waals surface area contributed by atoms with Crippen molar-refractivity contribution in [2.24, 2.45) is 5.92 Å². The number of amides is 2. The number of hydrogen-bond donors (Lipinski definition) is 1. The van der Waals surface area contributed by atoms with Crippen molar-refractivity contribution in [3.63, 3.8) is 0 Å². The summed E-state index contributed by atoms with van der Waals surface area (Å²) in [6.07, 6.45) is 1.17. The van der Waals surface area contributed by atoms with Gasteiger partial charge >= 0.3 is 12.6 Å². The van der Waals surface area contributed by atoms with E-state index in [9.17, 15) is 23.2 Å². The van der Waals surface area contributed by atoms with Crippen LogP contribution in [0.1, 0.15) is 18.4 Å². The lowest BCUT2D eigenvalue weighted by atomic mass is 9.98. The van der Waals surface area contributed by atoms with Crippen LogP contribution in [0.4, 0.5) is 8.78 Å². The van der Waals surface area contributed by atoms with Gasteiger partial charge in [0.25, 0.3) is 0 Å². The third-order valence-corrected chi connectivity index (χ3v) is 4.43. The first-order valence-electron chi connectivity index (χ1n) is 8.54. The molecule has 0 radical (unpaired) electrons. The monoisotopic (exact) mass is 384 g/mol. The number of rotatable bonds is 7. The van der Waals surface area contributed by atoms with Crippen molar-refractivity contribution in [3.05, 3.63) is 29.8 Å². The summed E-state index contributed by atoms with van der Waals surface area (Å²) >= 11 is 0. The highest BCUT2D eigenvalue weighted by Crippen LogP contribution is 2.17. The van der Waals surface area contributed by atoms with E-state index in [4.69, 9.17) is 5.11 Å². The maximum Gasteiger partial charge on any atom is 0.387 e. The van der Waals surface area contributed by atoms with Crippen molar-refractivity contribution in [1.29, 1.82) is 0 Å². The number of hydrogen-bond acceptors (Lipinski definition) is 4. The van der Waals surface area contributed by atoms with Gasteiger partial charge in [-0.05, 0) is 30.5 Å². The Balaban J connectivity index is 1.85. The number of alkyl halides is 2. The molecule has 1 atom stereocenters. The summed E-state index contributed by atoms with van der Waals surface area (Å²) in [7, 11) is 1.49. The number of likely N-dealkylation sites (N-methyl/N-ethyl adjacent to an activating group) is 1. The summed E-state index contributed by atoms with van der Waals surface area (Å²) in [5.41, 5.74) is 0.602. The fourth-order valence-electron chi connectivity index (χ4n) is 2.89. The second kappa shape index (κ2) is 9.29. The lowest BCUT2D eigenvalue weighted by Crippen LogP contribution is -2.47. The van der Waals surface area contributed by atoms with Gasteiger partial charge < -0.3 is 19.6 Å². The lowest BCUT2D eigenvalue weighted by Gasteiger charge is -2.32. The van der Waals surface area contributed by atoms with Gasteiger partial charge in [-0.1, -0.05) is 12.1 Å². The SMILES string of the molecule is CN(CC(=O)N1CCCC(C(=O)O)C1)C(=O)Cc1ccc(OC(F)F)cc1. The lowest BCUT2D eigenvalue weighted by molar-refractivity contribution is -0.147. The summed E-state index contributed by atoms with van der Waals surface area (Å²) < 4.78 is 28.5. The van der Waals surface area contributed by atoms with Crippen molar-refractivity contribution in [2.75, 3.05) is 26.7 Å². The van der Waals surface area contributed by atoms with Crippen LogP contribution in [0, 0.1) is 5.92 Å². The minimum absolute atomic E-state index is 0.00261. The van der Waals surface area contributed by atoms with E-state index >= 15 is 0 Å². The second-order valence-corrected chi connectivity index (χ2v) is 6.47. The molecule has 7 nitrogen and oxygen atoms in total. The van der Waals surface area contributed by atoms with Crippen molar-refractivity contribution in [3.8, 4) is 5.75 Å². The zero-order chi connectivity index (χ0) is 20.0. The molecule has 148 valence electrons. The van der Waals surface area contributed by atoms with Gasteiger partial charge in [0.05, 0.1) is 18.9 Å². The number of carboxylic acid groups (broad SMARTS) is 1. The molecule has 0 aromatic heterocycles. The molecule has 1 unspecified atom stereocenters. The quantitative estimate of drug-likeness (QED) is 0.772. The van der Waals surface area contributed by atoms with Gasteiger partial charge in [-0.3, -0.25) is 14.4 Å². The van der Waals surface area contributed by atoms with Gasteiger partial charge in [0.1, 0.15) is 5.75 Å². The number of likely N-dealkylation sites (tertiary alicyclic amines) is 1. The predicted octanol–water partition coefficient (Wildman–Crippen LogP) is 1.61. The van der Waals surface area contributed by atoms with E-state index < -0.39 is 18.5 Å². The molecule has 2 rings (SSSR count). The van der Waals surface area contributed by atoms with Crippen molar-refractivity contribution in [1.82, 2.24) is 9.80 Å². The average molecular weight is 384 g/mol. The first-order valence-corrected chi connectivity index (χ1v) is 8.54. The van der Waals surface area contributed by atoms with E-state index in [0.717, 1.165) is 0 Å². The zero-order valence-corrected chi connectivity index (χ0v) is 14.9. The second-order valence-electron chi connectivity index (χ2n) is 6.47. The highest BCUT2D eigenvalue weighted by Gasteiger charge is 2.28. The summed E-state index contributed by atoms with van der Waals surface area (Å²) in [6.45, 7) is -2.42. The summed E-state index contributed by atoms with van der Waals surface area (Å²) in [4.78, 5) is 38.4. The van der Waals surface area contributed by atoms with Crippen LogP contribution in [-0.2, 0) is 20.8 Å². The van der Waals surface area contributed by atoms with E-state index in [2.05, 4.69) is 4.74 Å². The van der Waals surface area contributed by atoms with Crippen LogP contribution in [0.25, 0.3) is 0 Å². The van der Waals surface area contributed by atoms with Crippen LogP contribution >= 0.6 is 0 Å². The van der Waals surface area contributed by atoms with Gasteiger partial charge in [0.15, 0.2) is 0 Å². The first kappa shape index (κ1) is 20.6. The summed E-state index contributed by atoms with van der Waals surface area (Å²) in [5.74, 6) is -2.09. The molecule has 9 heteroatoms. The fourth-order valence-corrected chi connectivity index (χ4v) is 2.89. The van der Waals surface area contributed by atoms with Crippen LogP contribution < -0.4 is 4.74 Å². The standard InChI is InChI=1S/C18H22F2N2O5/c1-21(11-16(24)22-8-2-3-13(10-22)17(25)26)15(23)9-12-4-6-14(7-5-12)27-18(19)20/h4-7,13,18H,2-3,8-11H2,1H3,(H,25,26). The Morgan fingerprint density at radius 1 is 1.30 bits per heavy atom. The molecule has 1 heterocycles. The molecule has 1 aliphatic rings. The molecule has 0 saturated carbocycles. The number of halogens is 2. The van der Waals surface area contributed by atoms with Gasteiger partial charge in [-0.15, -0.1) is 0 Å². The van der Waals surface area contributed by atoms with Crippen molar-refractivity contribution < 1.29 is 33.0 Å². The third kappa shape index (κ3) is 6.19. The Bertz CT molecular complexity index is 681. The molecular formula is C18H22F2N2O5. The molecule has 1 fully saturated rings. The molecular weight excluding hydrogens is 362 g/mol. The molecule has 0 aliphatic carbocycles. The molecule has 0 bridgehead atoms. The van der Waals surface area contributed by atoms with Gasteiger partial charge in [0.2, 0.25) is 11.8 Å². The minimum Gasteiger partial charge on any atom is -0.481 e. The van der Waals surface area contributed by atoms with Crippen molar-refractivity contribution >= 4 is 17.8 Å². The Kier molecular flexibility index (Phi) is 7.09. The Morgan fingerprint density at radius 3 is 2.56 bits per heavy atom. The van der Waals surface area contributed by atoms with E-state index in [1.165, 1.54) is 41.1 Å². The number of carboxylic acids is 1. The molecule has 1 aromatic carbocycles. The number of aliphatic carboxylic acids is 1. The first-order chi connectivity index (χ1) is 12.8. The number of ether oxygens (including phenoxy) is 1.